The van der Waals surface area contributed by atoms with Crippen molar-refractivity contribution in [1.82, 2.24) is 5.32 Å². The normalized spacial score (nSPS) is 23.6. The molecular formula is C11H17NO4S. The highest BCUT2D eigenvalue weighted by molar-refractivity contribution is 7.80. The van der Waals surface area contributed by atoms with Crippen LogP contribution in [-0.4, -0.2) is 29.6 Å². The molecule has 17 heavy (non-hydrogen) atoms. The van der Waals surface area contributed by atoms with Crippen LogP contribution in [0, 0.1) is 0 Å². The molecule has 0 saturated carbocycles. The zero-order valence-electron chi connectivity index (χ0n) is 9.61. The van der Waals surface area contributed by atoms with E-state index in [9.17, 15) is 14.4 Å². The molecule has 1 atom stereocenters. The third-order valence-corrected chi connectivity index (χ3v) is 2.79. The van der Waals surface area contributed by atoms with Crippen molar-refractivity contribution >= 4 is 30.5 Å². The third kappa shape index (κ3) is 5.21. The van der Waals surface area contributed by atoms with Gasteiger partial charge < -0.3 is 10.1 Å². The standard InChI is InChI=1S/C11H17NO4S/c13-9-4-2-1-3-5-10(14)16-11(15)8(12-9)6-7-17/h8,17H,1-7H2,(H,12,13)/t8-/m0/s1. The summed E-state index contributed by atoms with van der Waals surface area (Å²) in [6, 6.07) is -0.762. The van der Waals surface area contributed by atoms with Crippen LogP contribution in [0.5, 0.6) is 0 Å². The van der Waals surface area contributed by atoms with E-state index in [1.807, 2.05) is 0 Å². The monoisotopic (exact) mass is 259 g/mol. The summed E-state index contributed by atoms with van der Waals surface area (Å²) in [4.78, 5) is 34.4. The van der Waals surface area contributed by atoms with Crippen LogP contribution in [0.3, 0.4) is 0 Å². The summed E-state index contributed by atoms with van der Waals surface area (Å²) in [7, 11) is 0. The molecule has 5 nitrogen and oxygen atoms in total. The lowest BCUT2D eigenvalue weighted by atomic mass is 10.1. The highest BCUT2D eigenvalue weighted by atomic mass is 32.1. The van der Waals surface area contributed by atoms with Gasteiger partial charge in [-0.25, -0.2) is 4.79 Å². The zero-order chi connectivity index (χ0) is 12.7. The highest BCUT2D eigenvalue weighted by Gasteiger charge is 2.24. The van der Waals surface area contributed by atoms with Crippen LogP contribution in [0.4, 0.5) is 0 Å². The van der Waals surface area contributed by atoms with Gasteiger partial charge in [0.15, 0.2) is 0 Å². The maximum atomic E-state index is 11.6. The first-order valence-electron chi connectivity index (χ1n) is 5.78. The summed E-state index contributed by atoms with van der Waals surface area (Å²) in [6.45, 7) is 0. The van der Waals surface area contributed by atoms with Crippen molar-refractivity contribution in [3.8, 4) is 0 Å². The van der Waals surface area contributed by atoms with Crippen LogP contribution in [0.25, 0.3) is 0 Å². The van der Waals surface area contributed by atoms with E-state index in [-0.39, 0.29) is 12.3 Å². The number of cyclic esters (lactones) is 2. The number of nitrogens with one attached hydrogen (secondary N) is 1. The minimum atomic E-state index is -0.762. The molecule has 1 heterocycles. The quantitative estimate of drug-likeness (QED) is 0.437. The predicted molar refractivity (Wildman–Crippen MR) is 64.6 cm³/mol. The van der Waals surface area contributed by atoms with Crippen molar-refractivity contribution in [3.63, 3.8) is 0 Å². The molecule has 96 valence electrons. The van der Waals surface area contributed by atoms with Gasteiger partial charge in [-0.2, -0.15) is 12.6 Å². The van der Waals surface area contributed by atoms with Crippen molar-refractivity contribution in [2.75, 3.05) is 5.75 Å². The van der Waals surface area contributed by atoms with Crippen molar-refractivity contribution < 1.29 is 19.1 Å². The molecule has 6 heteroatoms. The van der Waals surface area contributed by atoms with Gasteiger partial charge in [0.05, 0.1) is 0 Å². The van der Waals surface area contributed by atoms with Crippen LogP contribution in [0.2, 0.25) is 0 Å². The van der Waals surface area contributed by atoms with Gasteiger partial charge in [-0.3, -0.25) is 9.59 Å². The molecule has 1 aliphatic heterocycles. The van der Waals surface area contributed by atoms with Crippen molar-refractivity contribution in [2.24, 2.45) is 0 Å². The van der Waals surface area contributed by atoms with E-state index < -0.39 is 18.0 Å². The van der Waals surface area contributed by atoms with E-state index >= 15 is 0 Å². The fourth-order valence-corrected chi connectivity index (χ4v) is 1.87. The predicted octanol–water partition coefficient (Wildman–Crippen LogP) is 0.825. The van der Waals surface area contributed by atoms with Gasteiger partial charge in [-0.15, -0.1) is 0 Å². The summed E-state index contributed by atoms with van der Waals surface area (Å²) in [5.74, 6) is -0.938. The minimum absolute atomic E-state index is 0.178. The van der Waals surface area contributed by atoms with Crippen LogP contribution in [-0.2, 0) is 19.1 Å². The summed E-state index contributed by atoms with van der Waals surface area (Å²) < 4.78 is 4.67. The Kier molecular flexibility index (Phi) is 6.04. The number of hydrogen-bond donors (Lipinski definition) is 2. The average Bonchev–Trinajstić information content (AvgIpc) is 2.29. The van der Waals surface area contributed by atoms with Crippen molar-refractivity contribution in [3.05, 3.63) is 0 Å². The van der Waals surface area contributed by atoms with Gasteiger partial charge in [0.2, 0.25) is 5.91 Å². The summed E-state index contributed by atoms with van der Waals surface area (Å²) in [5, 5.41) is 2.57. The second-order valence-corrected chi connectivity index (χ2v) is 4.43. The fourth-order valence-electron chi connectivity index (χ4n) is 1.61. The Labute approximate surface area is 106 Å². The summed E-state index contributed by atoms with van der Waals surface area (Å²) in [6.07, 6.45) is 3.13. The number of ether oxygens (including phenoxy) is 1. The van der Waals surface area contributed by atoms with Crippen molar-refractivity contribution in [2.45, 2.75) is 44.6 Å². The molecular weight excluding hydrogens is 242 g/mol. The average molecular weight is 259 g/mol. The van der Waals surface area contributed by atoms with Gasteiger partial charge >= 0.3 is 11.9 Å². The molecule has 1 aliphatic rings. The minimum Gasteiger partial charge on any atom is -0.392 e. The Bertz CT molecular complexity index is 306. The molecule has 0 unspecified atom stereocenters. The smallest absolute Gasteiger partial charge is 0.336 e. The Balaban J connectivity index is 2.67. The molecule has 0 aromatic heterocycles. The molecule has 0 spiro atoms. The van der Waals surface area contributed by atoms with Gasteiger partial charge in [0, 0.05) is 12.8 Å². The van der Waals surface area contributed by atoms with E-state index in [0.717, 1.165) is 12.8 Å². The van der Waals surface area contributed by atoms with Gasteiger partial charge in [0.25, 0.3) is 0 Å². The van der Waals surface area contributed by atoms with Crippen molar-refractivity contribution in [1.29, 1.82) is 0 Å². The number of amides is 1. The number of carbonyl (C=O) groups is 3. The van der Waals surface area contributed by atoms with E-state index in [1.54, 1.807) is 0 Å². The SMILES string of the molecule is O=C1CCCCCC(=O)OC(=O)[C@H](CCS)N1. The number of hydrogen-bond acceptors (Lipinski definition) is 5. The highest BCUT2D eigenvalue weighted by Crippen LogP contribution is 2.08. The maximum Gasteiger partial charge on any atom is 0.336 e. The lowest BCUT2D eigenvalue weighted by Gasteiger charge is -2.15. The Morgan fingerprint density at radius 2 is 1.88 bits per heavy atom. The molecule has 0 aliphatic carbocycles. The Morgan fingerprint density at radius 3 is 2.59 bits per heavy atom. The first-order valence-corrected chi connectivity index (χ1v) is 6.41. The second-order valence-electron chi connectivity index (χ2n) is 3.99. The van der Waals surface area contributed by atoms with E-state index in [0.29, 0.717) is 25.0 Å². The molecule has 0 aromatic rings. The second kappa shape index (κ2) is 7.32. The lowest BCUT2D eigenvalue weighted by molar-refractivity contribution is -0.161. The number of carbonyl (C=O) groups excluding carboxylic acids is 3. The van der Waals surface area contributed by atoms with Gasteiger partial charge in [-0.1, -0.05) is 6.42 Å². The van der Waals surface area contributed by atoms with Gasteiger partial charge in [0.1, 0.15) is 6.04 Å². The largest absolute Gasteiger partial charge is 0.392 e. The van der Waals surface area contributed by atoms with E-state index in [1.165, 1.54) is 0 Å². The molecule has 1 fully saturated rings. The van der Waals surface area contributed by atoms with E-state index in [4.69, 9.17) is 0 Å². The van der Waals surface area contributed by atoms with Crippen LogP contribution in [0.15, 0.2) is 0 Å². The maximum absolute atomic E-state index is 11.6. The molecule has 1 N–H and O–H groups in total. The Hall–Kier alpha value is -1.04. The molecule has 1 rings (SSSR count). The summed E-state index contributed by atoms with van der Waals surface area (Å²) >= 11 is 4.01. The molecule has 0 bridgehead atoms. The van der Waals surface area contributed by atoms with Gasteiger partial charge in [-0.05, 0) is 25.0 Å². The van der Waals surface area contributed by atoms with Crippen LogP contribution in [0.1, 0.15) is 38.5 Å². The first-order chi connectivity index (χ1) is 8.13. The zero-order valence-corrected chi connectivity index (χ0v) is 10.5. The lowest BCUT2D eigenvalue weighted by Crippen LogP contribution is -2.42. The number of thiol groups is 1. The van der Waals surface area contributed by atoms with E-state index in [2.05, 4.69) is 22.7 Å². The molecule has 0 radical (unpaired) electrons. The topological polar surface area (TPSA) is 72.5 Å². The first kappa shape index (κ1) is 14.0. The molecule has 1 amide bonds. The number of esters is 2. The molecule has 0 aromatic carbocycles. The van der Waals surface area contributed by atoms with Crippen LogP contribution >= 0.6 is 12.6 Å². The fraction of sp³-hybridized carbons (Fsp3) is 0.727. The summed E-state index contributed by atoms with van der Waals surface area (Å²) in [5.41, 5.74) is 0. The third-order valence-electron chi connectivity index (χ3n) is 2.54. The number of rotatable bonds is 2. The van der Waals surface area contributed by atoms with Crippen LogP contribution < -0.4 is 5.32 Å². The molecule has 1 saturated heterocycles. The Morgan fingerprint density at radius 1 is 1.18 bits per heavy atom.